The van der Waals surface area contributed by atoms with Crippen LogP contribution in [0.15, 0.2) is 0 Å². The first-order valence-corrected chi connectivity index (χ1v) is 7.91. The highest BCUT2D eigenvalue weighted by Crippen LogP contribution is 2.33. The van der Waals surface area contributed by atoms with E-state index in [0.717, 1.165) is 25.8 Å². The number of primary amides is 1. The molecule has 0 spiro atoms. The lowest BCUT2D eigenvalue weighted by Crippen LogP contribution is -2.59. The SMILES string of the molecule is CCC1CCCCCN1C1CCCC(N)(C(N)=O)C1. The van der Waals surface area contributed by atoms with Crippen LogP contribution in [-0.4, -0.2) is 35.0 Å². The zero-order chi connectivity index (χ0) is 13.9. The minimum absolute atomic E-state index is 0.319. The molecule has 2 fully saturated rings. The summed E-state index contributed by atoms with van der Waals surface area (Å²) < 4.78 is 0. The fourth-order valence-corrected chi connectivity index (χ4v) is 3.90. The zero-order valence-corrected chi connectivity index (χ0v) is 12.2. The van der Waals surface area contributed by atoms with Gasteiger partial charge < -0.3 is 11.5 Å². The molecule has 1 saturated heterocycles. The Morgan fingerprint density at radius 1 is 1.26 bits per heavy atom. The van der Waals surface area contributed by atoms with E-state index in [0.29, 0.717) is 12.1 Å². The maximum atomic E-state index is 11.6. The molecule has 19 heavy (non-hydrogen) atoms. The van der Waals surface area contributed by atoms with Crippen molar-refractivity contribution in [3.63, 3.8) is 0 Å². The van der Waals surface area contributed by atoms with Crippen LogP contribution in [0.25, 0.3) is 0 Å². The lowest BCUT2D eigenvalue weighted by atomic mass is 9.78. The highest BCUT2D eigenvalue weighted by molar-refractivity contribution is 5.84. The summed E-state index contributed by atoms with van der Waals surface area (Å²) in [5, 5.41) is 0. The summed E-state index contributed by atoms with van der Waals surface area (Å²) in [6, 6.07) is 1.12. The van der Waals surface area contributed by atoms with Crippen molar-refractivity contribution >= 4 is 5.91 Å². The molecule has 1 heterocycles. The quantitative estimate of drug-likeness (QED) is 0.818. The van der Waals surface area contributed by atoms with Crippen molar-refractivity contribution in [2.24, 2.45) is 11.5 Å². The Morgan fingerprint density at radius 2 is 2.05 bits per heavy atom. The van der Waals surface area contributed by atoms with Gasteiger partial charge in [-0.15, -0.1) is 0 Å². The second kappa shape index (κ2) is 6.23. The number of likely N-dealkylation sites (tertiary alicyclic amines) is 1. The Hall–Kier alpha value is -0.610. The summed E-state index contributed by atoms with van der Waals surface area (Å²) in [6.45, 7) is 3.44. The number of hydrogen-bond donors (Lipinski definition) is 2. The number of nitrogens with two attached hydrogens (primary N) is 2. The van der Waals surface area contributed by atoms with Crippen molar-refractivity contribution < 1.29 is 4.79 Å². The molecular formula is C15H29N3O. The zero-order valence-electron chi connectivity index (χ0n) is 12.2. The minimum Gasteiger partial charge on any atom is -0.368 e. The Morgan fingerprint density at radius 3 is 2.74 bits per heavy atom. The molecule has 110 valence electrons. The average Bonchev–Trinajstić information content (AvgIpc) is 2.63. The normalized spacial score (nSPS) is 37.8. The first-order chi connectivity index (χ1) is 9.07. The van der Waals surface area contributed by atoms with Gasteiger partial charge in [0.05, 0.1) is 5.54 Å². The van der Waals surface area contributed by atoms with Crippen LogP contribution < -0.4 is 11.5 Å². The predicted molar refractivity (Wildman–Crippen MR) is 77.6 cm³/mol. The Bertz CT molecular complexity index is 321. The third kappa shape index (κ3) is 3.29. The van der Waals surface area contributed by atoms with Crippen LogP contribution in [0.4, 0.5) is 0 Å². The first kappa shape index (κ1) is 14.8. The summed E-state index contributed by atoms with van der Waals surface area (Å²) in [5.74, 6) is -0.319. The van der Waals surface area contributed by atoms with Gasteiger partial charge in [0.2, 0.25) is 5.91 Å². The minimum atomic E-state index is -0.770. The third-order valence-electron chi connectivity index (χ3n) is 5.11. The highest BCUT2D eigenvalue weighted by Gasteiger charge is 2.40. The van der Waals surface area contributed by atoms with E-state index in [2.05, 4.69) is 11.8 Å². The van der Waals surface area contributed by atoms with Gasteiger partial charge in [0.15, 0.2) is 0 Å². The van der Waals surface area contributed by atoms with Gasteiger partial charge in [-0.2, -0.15) is 0 Å². The molecule has 1 saturated carbocycles. The monoisotopic (exact) mass is 267 g/mol. The molecule has 0 bridgehead atoms. The number of hydrogen-bond acceptors (Lipinski definition) is 3. The summed E-state index contributed by atoms with van der Waals surface area (Å²) in [7, 11) is 0. The van der Waals surface area contributed by atoms with Gasteiger partial charge in [0, 0.05) is 12.1 Å². The maximum absolute atomic E-state index is 11.6. The predicted octanol–water partition coefficient (Wildman–Crippen LogP) is 1.77. The largest absolute Gasteiger partial charge is 0.368 e. The molecule has 1 amide bonds. The van der Waals surface area contributed by atoms with E-state index in [9.17, 15) is 4.79 Å². The van der Waals surface area contributed by atoms with Crippen molar-refractivity contribution in [3.05, 3.63) is 0 Å². The van der Waals surface area contributed by atoms with Crippen molar-refractivity contribution in [2.75, 3.05) is 6.54 Å². The van der Waals surface area contributed by atoms with Crippen molar-refractivity contribution in [2.45, 2.75) is 82.3 Å². The lowest BCUT2D eigenvalue weighted by molar-refractivity contribution is -0.125. The second-order valence-corrected chi connectivity index (χ2v) is 6.42. The average molecular weight is 267 g/mol. The number of nitrogens with zero attached hydrogens (tertiary/aromatic N) is 1. The molecule has 2 aliphatic rings. The molecule has 1 aliphatic heterocycles. The standard InChI is InChI=1S/C15H29N3O/c1-2-12-7-4-3-5-10-18(12)13-8-6-9-15(17,11-13)14(16)19/h12-13H,2-11,17H2,1H3,(H2,16,19). The smallest absolute Gasteiger partial charge is 0.237 e. The molecule has 0 aromatic rings. The van der Waals surface area contributed by atoms with Gasteiger partial charge in [-0.1, -0.05) is 19.8 Å². The fourth-order valence-electron chi connectivity index (χ4n) is 3.90. The van der Waals surface area contributed by atoms with Crippen LogP contribution >= 0.6 is 0 Å². The summed E-state index contributed by atoms with van der Waals surface area (Å²) >= 11 is 0. The molecule has 4 N–H and O–H groups in total. The molecule has 2 rings (SSSR count). The Balaban J connectivity index is 2.08. The molecule has 0 aromatic carbocycles. The number of amides is 1. The number of carbonyl (C=O) groups excluding carboxylic acids is 1. The van der Waals surface area contributed by atoms with Crippen LogP contribution in [-0.2, 0) is 4.79 Å². The van der Waals surface area contributed by atoms with E-state index < -0.39 is 5.54 Å². The lowest BCUT2D eigenvalue weighted by Gasteiger charge is -2.43. The van der Waals surface area contributed by atoms with Gasteiger partial charge >= 0.3 is 0 Å². The van der Waals surface area contributed by atoms with E-state index in [-0.39, 0.29) is 5.91 Å². The molecule has 3 unspecified atom stereocenters. The molecule has 4 nitrogen and oxygen atoms in total. The van der Waals surface area contributed by atoms with Crippen LogP contribution in [0, 0.1) is 0 Å². The molecule has 0 radical (unpaired) electrons. The Kier molecular flexibility index (Phi) is 4.85. The van der Waals surface area contributed by atoms with E-state index in [1.165, 1.54) is 38.5 Å². The van der Waals surface area contributed by atoms with Crippen molar-refractivity contribution in [1.82, 2.24) is 4.90 Å². The van der Waals surface area contributed by atoms with Crippen LogP contribution in [0.5, 0.6) is 0 Å². The van der Waals surface area contributed by atoms with Crippen LogP contribution in [0.2, 0.25) is 0 Å². The third-order valence-corrected chi connectivity index (χ3v) is 5.11. The molecule has 1 aliphatic carbocycles. The van der Waals surface area contributed by atoms with Gasteiger partial charge in [0.1, 0.15) is 0 Å². The Labute approximate surface area is 116 Å². The van der Waals surface area contributed by atoms with Crippen LogP contribution in [0.1, 0.15) is 64.7 Å². The van der Waals surface area contributed by atoms with Gasteiger partial charge in [-0.25, -0.2) is 0 Å². The van der Waals surface area contributed by atoms with Gasteiger partial charge in [-0.05, 0) is 51.5 Å². The van der Waals surface area contributed by atoms with E-state index >= 15 is 0 Å². The van der Waals surface area contributed by atoms with Crippen molar-refractivity contribution in [1.29, 1.82) is 0 Å². The van der Waals surface area contributed by atoms with E-state index in [1.807, 2.05) is 0 Å². The topological polar surface area (TPSA) is 72.3 Å². The van der Waals surface area contributed by atoms with Crippen LogP contribution in [0.3, 0.4) is 0 Å². The molecule has 3 atom stereocenters. The number of carbonyl (C=O) groups is 1. The van der Waals surface area contributed by atoms with E-state index in [1.54, 1.807) is 0 Å². The fraction of sp³-hybridized carbons (Fsp3) is 0.933. The second-order valence-electron chi connectivity index (χ2n) is 6.42. The van der Waals surface area contributed by atoms with Crippen molar-refractivity contribution in [3.8, 4) is 0 Å². The first-order valence-electron chi connectivity index (χ1n) is 7.91. The van der Waals surface area contributed by atoms with Gasteiger partial charge in [0.25, 0.3) is 0 Å². The van der Waals surface area contributed by atoms with E-state index in [4.69, 9.17) is 11.5 Å². The maximum Gasteiger partial charge on any atom is 0.237 e. The molecule has 0 aromatic heterocycles. The van der Waals surface area contributed by atoms with Gasteiger partial charge in [-0.3, -0.25) is 9.69 Å². The molecule has 4 heteroatoms. The summed E-state index contributed by atoms with van der Waals surface area (Å²) in [4.78, 5) is 14.2. The number of rotatable bonds is 3. The summed E-state index contributed by atoms with van der Waals surface area (Å²) in [6.07, 6.45) is 10.1. The highest BCUT2D eigenvalue weighted by atomic mass is 16.1. The summed E-state index contributed by atoms with van der Waals surface area (Å²) in [5.41, 5.74) is 11.0. The molecular weight excluding hydrogens is 238 g/mol.